The van der Waals surface area contributed by atoms with E-state index < -0.39 is 12.1 Å². The van der Waals surface area contributed by atoms with E-state index in [-0.39, 0.29) is 6.10 Å². The lowest BCUT2D eigenvalue weighted by atomic mass is 10.2. The molecule has 2 heterocycles. The fourth-order valence-electron chi connectivity index (χ4n) is 1.81. The summed E-state index contributed by atoms with van der Waals surface area (Å²) in [6.45, 7) is 1.54. The Morgan fingerprint density at radius 1 is 1.62 bits per heavy atom. The molecule has 4 nitrogen and oxygen atoms in total. The van der Waals surface area contributed by atoms with Crippen molar-refractivity contribution < 1.29 is 14.6 Å². The highest BCUT2D eigenvalue weighted by Gasteiger charge is 2.29. The van der Waals surface area contributed by atoms with Gasteiger partial charge in [0.1, 0.15) is 0 Å². The third kappa shape index (κ3) is 3.04. The van der Waals surface area contributed by atoms with Gasteiger partial charge in [0.2, 0.25) is 0 Å². The molecule has 0 spiro atoms. The zero-order valence-electron chi connectivity index (χ0n) is 8.89. The lowest BCUT2D eigenvalue weighted by Crippen LogP contribution is -2.28. The molecule has 0 aromatic carbocycles. The summed E-state index contributed by atoms with van der Waals surface area (Å²) in [5.41, 5.74) is 1.26. The third-order valence-electron chi connectivity index (χ3n) is 2.66. The number of carboxylic acids is 1. The number of hydrogen-bond acceptors (Lipinski definition) is 4. The highest BCUT2D eigenvalue weighted by molar-refractivity contribution is 7.07. The first-order valence-corrected chi connectivity index (χ1v) is 6.30. The summed E-state index contributed by atoms with van der Waals surface area (Å²) in [6, 6.07) is 2.08. The molecule has 0 aliphatic carbocycles. The van der Waals surface area contributed by atoms with Gasteiger partial charge < -0.3 is 15.2 Å². The van der Waals surface area contributed by atoms with Crippen molar-refractivity contribution in [1.29, 1.82) is 0 Å². The number of hydrogen-bond donors (Lipinski definition) is 2. The van der Waals surface area contributed by atoms with Crippen LogP contribution in [0.15, 0.2) is 16.8 Å². The van der Waals surface area contributed by atoms with E-state index in [1.54, 1.807) is 11.3 Å². The molecule has 1 fully saturated rings. The van der Waals surface area contributed by atoms with Crippen molar-refractivity contribution in [2.45, 2.75) is 31.6 Å². The first-order chi connectivity index (χ1) is 7.75. The van der Waals surface area contributed by atoms with Gasteiger partial charge in [-0.15, -0.1) is 0 Å². The van der Waals surface area contributed by atoms with Crippen molar-refractivity contribution in [3.63, 3.8) is 0 Å². The molecule has 1 saturated heterocycles. The van der Waals surface area contributed by atoms with Crippen molar-refractivity contribution in [2.75, 3.05) is 6.54 Å². The molecule has 2 unspecified atom stereocenters. The molecule has 5 heteroatoms. The van der Waals surface area contributed by atoms with Crippen LogP contribution in [0.3, 0.4) is 0 Å². The Bertz CT molecular complexity index is 339. The lowest BCUT2D eigenvalue weighted by Gasteiger charge is -2.11. The fraction of sp³-hybridized carbons (Fsp3) is 0.545. The Balaban J connectivity index is 1.66. The third-order valence-corrected chi connectivity index (χ3v) is 3.40. The molecule has 0 bridgehead atoms. The fourth-order valence-corrected chi connectivity index (χ4v) is 2.48. The van der Waals surface area contributed by atoms with Gasteiger partial charge in [-0.2, -0.15) is 11.3 Å². The van der Waals surface area contributed by atoms with E-state index in [1.807, 2.05) is 5.38 Å². The molecular weight excluding hydrogens is 226 g/mol. The molecule has 1 aliphatic rings. The van der Waals surface area contributed by atoms with E-state index >= 15 is 0 Å². The Labute approximate surface area is 98.2 Å². The summed E-state index contributed by atoms with van der Waals surface area (Å²) in [4.78, 5) is 10.7. The molecule has 16 heavy (non-hydrogen) atoms. The van der Waals surface area contributed by atoms with Gasteiger partial charge in [-0.3, -0.25) is 0 Å². The van der Waals surface area contributed by atoms with Crippen molar-refractivity contribution in [2.24, 2.45) is 0 Å². The standard InChI is InChI=1S/C11H15NO3S/c13-11(14)10-2-1-9(15-10)6-12-5-8-3-4-16-7-8/h3-4,7,9-10,12H,1-2,5-6H2,(H,13,14). The van der Waals surface area contributed by atoms with Crippen molar-refractivity contribution in [1.82, 2.24) is 5.32 Å². The Morgan fingerprint density at radius 2 is 2.50 bits per heavy atom. The number of nitrogens with one attached hydrogen (secondary N) is 1. The van der Waals surface area contributed by atoms with Crippen LogP contribution in [-0.4, -0.2) is 29.8 Å². The number of rotatable bonds is 5. The smallest absolute Gasteiger partial charge is 0.332 e. The van der Waals surface area contributed by atoms with Crippen LogP contribution in [0.4, 0.5) is 0 Å². The van der Waals surface area contributed by atoms with Crippen LogP contribution in [0.2, 0.25) is 0 Å². The summed E-state index contributed by atoms with van der Waals surface area (Å²) >= 11 is 1.68. The summed E-state index contributed by atoms with van der Waals surface area (Å²) in [5.74, 6) is -0.847. The minimum atomic E-state index is -0.847. The van der Waals surface area contributed by atoms with Crippen LogP contribution in [0.1, 0.15) is 18.4 Å². The zero-order valence-corrected chi connectivity index (χ0v) is 9.70. The van der Waals surface area contributed by atoms with Gasteiger partial charge in [0, 0.05) is 13.1 Å². The maximum absolute atomic E-state index is 10.7. The molecular formula is C11H15NO3S. The molecule has 1 aromatic rings. The van der Waals surface area contributed by atoms with Crippen LogP contribution in [-0.2, 0) is 16.1 Å². The minimum Gasteiger partial charge on any atom is -0.479 e. The van der Waals surface area contributed by atoms with Gasteiger partial charge in [-0.25, -0.2) is 4.79 Å². The van der Waals surface area contributed by atoms with E-state index in [0.29, 0.717) is 6.42 Å². The second-order valence-corrected chi connectivity index (χ2v) is 4.70. The second-order valence-electron chi connectivity index (χ2n) is 3.92. The second kappa shape index (κ2) is 5.43. The number of ether oxygens (including phenoxy) is 1. The van der Waals surface area contributed by atoms with Gasteiger partial charge in [0.15, 0.2) is 6.10 Å². The Morgan fingerprint density at radius 3 is 3.12 bits per heavy atom. The predicted molar refractivity (Wildman–Crippen MR) is 61.6 cm³/mol. The van der Waals surface area contributed by atoms with E-state index in [9.17, 15) is 4.79 Å². The monoisotopic (exact) mass is 241 g/mol. The first kappa shape index (κ1) is 11.6. The maximum Gasteiger partial charge on any atom is 0.332 e. The molecule has 1 aliphatic heterocycles. The first-order valence-electron chi connectivity index (χ1n) is 5.36. The minimum absolute atomic E-state index is 0.0414. The van der Waals surface area contributed by atoms with Crippen LogP contribution in [0.5, 0.6) is 0 Å². The maximum atomic E-state index is 10.7. The van der Waals surface area contributed by atoms with Crippen LogP contribution in [0.25, 0.3) is 0 Å². The highest BCUT2D eigenvalue weighted by Crippen LogP contribution is 2.19. The summed E-state index contributed by atoms with van der Waals surface area (Å²) in [7, 11) is 0. The van der Waals surface area contributed by atoms with E-state index in [1.165, 1.54) is 5.56 Å². The van der Waals surface area contributed by atoms with Crippen LogP contribution >= 0.6 is 11.3 Å². The summed E-state index contributed by atoms with van der Waals surface area (Å²) in [5, 5.41) is 16.2. The molecule has 0 saturated carbocycles. The van der Waals surface area contributed by atoms with Crippen molar-refractivity contribution in [3.05, 3.63) is 22.4 Å². The normalized spacial score (nSPS) is 24.8. The lowest BCUT2D eigenvalue weighted by molar-refractivity contribution is -0.149. The summed E-state index contributed by atoms with van der Waals surface area (Å²) in [6.07, 6.45) is 0.890. The summed E-state index contributed by atoms with van der Waals surface area (Å²) < 4.78 is 5.38. The SMILES string of the molecule is O=C(O)C1CCC(CNCc2ccsc2)O1. The van der Waals surface area contributed by atoms with Gasteiger partial charge in [0.25, 0.3) is 0 Å². The molecule has 0 radical (unpaired) electrons. The Kier molecular flexibility index (Phi) is 3.93. The van der Waals surface area contributed by atoms with Gasteiger partial charge in [0.05, 0.1) is 6.10 Å². The van der Waals surface area contributed by atoms with Gasteiger partial charge >= 0.3 is 5.97 Å². The number of carbonyl (C=O) groups is 1. The van der Waals surface area contributed by atoms with Crippen LogP contribution in [0, 0.1) is 0 Å². The average molecular weight is 241 g/mol. The molecule has 2 N–H and O–H groups in total. The predicted octanol–water partition coefficient (Wildman–Crippen LogP) is 1.47. The molecule has 2 rings (SSSR count). The molecule has 0 amide bonds. The van der Waals surface area contributed by atoms with E-state index in [2.05, 4.69) is 16.8 Å². The number of carboxylic acid groups (broad SMARTS) is 1. The van der Waals surface area contributed by atoms with E-state index in [4.69, 9.17) is 9.84 Å². The van der Waals surface area contributed by atoms with Crippen molar-refractivity contribution in [3.8, 4) is 0 Å². The number of aliphatic carboxylic acids is 1. The Hall–Kier alpha value is -0.910. The van der Waals surface area contributed by atoms with Gasteiger partial charge in [-0.05, 0) is 35.2 Å². The largest absolute Gasteiger partial charge is 0.479 e. The molecule has 2 atom stereocenters. The highest BCUT2D eigenvalue weighted by atomic mass is 32.1. The van der Waals surface area contributed by atoms with E-state index in [0.717, 1.165) is 19.5 Å². The topological polar surface area (TPSA) is 58.6 Å². The molecule has 88 valence electrons. The average Bonchev–Trinajstić information content (AvgIpc) is 2.87. The molecule has 1 aromatic heterocycles. The van der Waals surface area contributed by atoms with Crippen LogP contribution < -0.4 is 5.32 Å². The number of thiophene rings is 1. The zero-order chi connectivity index (χ0) is 11.4. The van der Waals surface area contributed by atoms with Crippen molar-refractivity contribution >= 4 is 17.3 Å². The van der Waals surface area contributed by atoms with Gasteiger partial charge in [-0.1, -0.05) is 0 Å². The quantitative estimate of drug-likeness (QED) is 0.819.